The zero-order chi connectivity index (χ0) is 18.2. The van der Waals surface area contributed by atoms with Crippen molar-refractivity contribution in [3.05, 3.63) is 35.9 Å². The van der Waals surface area contributed by atoms with E-state index in [2.05, 4.69) is 31.2 Å². The van der Waals surface area contributed by atoms with Gasteiger partial charge in [0.05, 0.1) is 14.2 Å². The molecule has 0 radical (unpaired) electrons. The van der Waals surface area contributed by atoms with Crippen LogP contribution in [0.1, 0.15) is 83.1 Å². The number of aryl methyl sites for hydroxylation is 1. The van der Waals surface area contributed by atoms with Crippen LogP contribution in [0, 0.1) is 0 Å². The van der Waals surface area contributed by atoms with E-state index in [1.807, 2.05) is 6.07 Å². The van der Waals surface area contributed by atoms with Crippen molar-refractivity contribution in [3.8, 4) is 11.5 Å². The molecule has 25 heavy (non-hydrogen) atoms. The standard InChI is InChI=1S/C23H38O2/c1-4-5-6-7-8-9-10-11-12-13-14-15-16-17-21-18-22(24-2)20-23(19-21)25-3/h9-10,18-20H,4-8,11-17H2,1-3H3/b10-9-. The van der Waals surface area contributed by atoms with Gasteiger partial charge < -0.3 is 9.47 Å². The van der Waals surface area contributed by atoms with Crippen molar-refractivity contribution in [2.75, 3.05) is 14.2 Å². The third kappa shape index (κ3) is 10.9. The average molecular weight is 347 g/mol. The van der Waals surface area contributed by atoms with Gasteiger partial charge in [0.2, 0.25) is 0 Å². The van der Waals surface area contributed by atoms with Crippen LogP contribution in [0.2, 0.25) is 0 Å². The van der Waals surface area contributed by atoms with E-state index in [1.165, 1.54) is 76.2 Å². The maximum absolute atomic E-state index is 5.33. The molecular weight excluding hydrogens is 308 g/mol. The first-order valence-corrected chi connectivity index (χ1v) is 10.2. The van der Waals surface area contributed by atoms with Gasteiger partial charge in [0.15, 0.2) is 0 Å². The van der Waals surface area contributed by atoms with Gasteiger partial charge >= 0.3 is 0 Å². The summed E-state index contributed by atoms with van der Waals surface area (Å²) in [6, 6.07) is 6.17. The Morgan fingerprint density at radius 3 is 1.76 bits per heavy atom. The molecule has 0 bridgehead atoms. The summed E-state index contributed by atoms with van der Waals surface area (Å²) in [4.78, 5) is 0. The van der Waals surface area contributed by atoms with Gasteiger partial charge in [-0.2, -0.15) is 0 Å². The smallest absolute Gasteiger partial charge is 0.122 e. The van der Waals surface area contributed by atoms with Crippen molar-refractivity contribution in [3.63, 3.8) is 0 Å². The van der Waals surface area contributed by atoms with E-state index in [9.17, 15) is 0 Å². The summed E-state index contributed by atoms with van der Waals surface area (Å²) >= 11 is 0. The first-order valence-electron chi connectivity index (χ1n) is 10.2. The van der Waals surface area contributed by atoms with Crippen molar-refractivity contribution < 1.29 is 9.47 Å². The number of unbranched alkanes of at least 4 members (excludes halogenated alkanes) is 9. The lowest BCUT2D eigenvalue weighted by Gasteiger charge is -2.08. The highest BCUT2D eigenvalue weighted by Gasteiger charge is 2.02. The summed E-state index contributed by atoms with van der Waals surface area (Å²) in [5.74, 6) is 1.77. The quantitative estimate of drug-likeness (QED) is 0.249. The number of methoxy groups -OCH3 is 2. The molecule has 0 saturated carbocycles. The van der Waals surface area contributed by atoms with Crippen molar-refractivity contribution in [1.82, 2.24) is 0 Å². The lowest BCUT2D eigenvalue weighted by molar-refractivity contribution is 0.393. The second-order valence-electron chi connectivity index (χ2n) is 6.85. The average Bonchev–Trinajstić information content (AvgIpc) is 2.65. The van der Waals surface area contributed by atoms with Crippen LogP contribution in [0.25, 0.3) is 0 Å². The maximum Gasteiger partial charge on any atom is 0.122 e. The Balaban J connectivity index is 2.02. The normalized spacial score (nSPS) is 11.2. The lowest BCUT2D eigenvalue weighted by atomic mass is 10.0. The SMILES string of the molecule is CCCCCC/C=C\CCCCCCCc1cc(OC)cc(OC)c1. The molecule has 2 nitrogen and oxygen atoms in total. The number of hydrogen-bond acceptors (Lipinski definition) is 2. The third-order valence-electron chi connectivity index (χ3n) is 4.64. The van der Waals surface area contributed by atoms with Crippen LogP contribution in [0.5, 0.6) is 11.5 Å². The largest absolute Gasteiger partial charge is 0.497 e. The fraction of sp³-hybridized carbons (Fsp3) is 0.652. The maximum atomic E-state index is 5.33. The molecule has 0 aliphatic carbocycles. The molecule has 1 aromatic rings. The second kappa shape index (κ2) is 14.9. The lowest BCUT2D eigenvalue weighted by Crippen LogP contribution is -1.92. The number of ether oxygens (including phenoxy) is 2. The Morgan fingerprint density at radius 1 is 0.680 bits per heavy atom. The van der Waals surface area contributed by atoms with E-state index in [0.717, 1.165) is 17.9 Å². The van der Waals surface area contributed by atoms with E-state index in [-0.39, 0.29) is 0 Å². The summed E-state index contributed by atoms with van der Waals surface area (Å²) in [5, 5.41) is 0. The first kappa shape index (κ1) is 21.6. The first-order chi connectivity index (χ1) is 12.3. The van der Waals surface area contributed by atoms with E-state index >= 15 is 0 Å². The summed E-state index contributed by atoms with van der Waals surface area (Å²) in [7, 11) is 3.41. The molecule has 0 unspecified atom stereocenters. The fourth-order valence-corrected chi connectivity index (χ4v) is 3.06. The molecule has 1 rings (SSSR count). The summed E-state index contributed by atoms with van der Waals surface area (Å²) < 4.78 is 10.7. The van der Waals surface area contributed by atoms with Gasteiger partial charge in [0.25, 0.3) is 0 Å². The second-order valence-corrected chi connectivity index (χ2v) is 6.85. The minimum absolute atomic E-state index is 0.885. The Bertz CT molecular complexity index is 443. The van der Waals surface area contributed by atoms with Crippen LogP contribution >= 0.6 is 0 Å². The van der Waals surface area contributed by atoms with Crippen LogP contribution in [0.3, 0.4) is 0 Å². The summed E-state index contributed by atoms with van der Waals surface area (Å²) in [6.07, 6.45) is 20.4. The van der Waals surface area contributed by atoms with E-state index < -0.39 is 0 Å². The minimum atomic E-state index is 0.885. The van der Waals surface area contributed by atoms with Crippen LogP contribution in [0.4, 0.5) is 0 Å². The Kier molecular flexibility index (Phi) is 12.8. The van der Waals surface area contributed by atoms with E-state index in [1.54, 1.807) is 14.2 Å². The minimum Gasteiger partial charge on any atom is -0.497 e. The van der Waals surface area contributed by atoms with Crippen LogP contribution in [-0.4, -0.2) is 14.2 Å². The Labute approximate surface area is 155 Å². The molecule has 0 aliphatic heterocycles. The molecular formula is C23H38O2. The number of allylic oxidation sites excluding steroid dienone is 2. The van der Waals surface area contributed by atoms with Crippen LogP contribution < -0.4 is 9.47 Å². The molecule has 0 heterocycles. The van der Waals surface area contributed by atoms with E-state index in [4.69, 9.17) is 9.47 Å². The molecule has 0 fully saturated rings. The Hall–Kier alpha value is -1.44. The number of benzene rings is 1. The van der Waals surface area contributed by atoms with Crippen molar-refractivity contribution in [2.45, 2.75) is 84.0 Å². The molecule has 0 saturated heterocycles. The molecule has 0 aromatic heterocycles. The van der Waals surface area contributed by atoms with Gasteiger partial charge in [0, 0.05) is 6.07 Å². The van der Waals surface area contributed by atoms with Gasteiger partial charge in [-0.1, -0.05) is 57.6 Å². The van der Waals surface area contributed by atoms with Gasteiger partial charge in [-0.3, -0.25) is 0 Å². The molecule has 1 aromatic carbocycles. The predicted molar refractivity (Wildman–Crippen MR) is 109 cm³/mol. The van der Waals surface area contributed by atoms with Gasteiger partial charge in [-0.15, -0.1) is 0 Å². The van der Waals surface area contributed by atoms with Crippen molar-refractivity contribution >= 4 is 0 Å². The van der Waals surface area contributed by atoms with Crippen LogP contribution in [-0.2, 0) is 6.42 Å². The monoisotopic (exact) mass is 346 g/mol. The molecule has 0 amide bonds. The van der Waals surface area contributed by atoms with Gasteiger partial charge in [-0.25, -0.2) is 0 Å². The zero-order valence-corrected chi connectivity index (χ0v) is 16.7. The zero-order valence-electron chi connectivity index (χ0n) is 16.7. The number of hydrogen-bond donors (Lipinski definition) is 0. The predicted octanol–water partition coefficient (Wildman–Crippen LogP) is 7.11. The molecule has 0 atom stereocenters. The summed E-state index contributed by atoms with van der Waals surface area (Å²) in [6.45, 7) is 2.27. The highest BCUT2D eigenvalue weighted by Crippen LogP contribution is 2.23. The molecule has 0 aliphatic rings. The van der Waals surface area contributed by atoms with Crippen molar-refractivity contribution in [2.24, 2.45) is 0 Å². The van der Waals surface area contributed by atoms with Crippen molar-refractivity contribution in [1.29, 1.82) is 0 Å². The molecule has 2 heteroatoms. The van der Waals surface area contributed by atoms with Gasteiger partial charge in [-0.05, 0) is 56.2 Å². The third-order valence-corrected chi connectivity index (χ3v) is 4.64. The molecule has 142 valence electrons. The molecule has 0 N–H and O–H groups in total. The topological polar surface area (TPSA) is 18.5 Å². The van der Waals surface area contributed by atoms with E-state index in [0.29, 0.717) is 0 Å². The van der Waals surface area contributed by atoms with Crippen LogP contribution in [0.15, 0.2) is 30.4 Å². The number of rotatable bonds is 15. The highest BCUT2D eigenvalue weighted by molar-refractivity contribution is 5.38. The molecule has 0 spiro atoms. The van der Waals surface area contributed by atoms with Gasteiger partial charge in [0.1, 0.15) is 11.5 Å². The highest BCUT2D eigenvalue weighted by atomic mass is 16.5. The Morgan fingerprint density at radius 2 is 1.20 bits per heavy atom. The fourth-order valence-electron chi connectivity index (χ4n) is 3.06. The summed E-state index contributed by atoms with van der Waals surface area (Å²) in [5.41, 5.74) is 1.31.